The van der Waals surface area contributed by atoms with E-state index in [4.69, 9.17) is 4.42 Å². The Morgan fingerprint density at radius 2 is 1.92 bits per heavy atom. The minimum absolute atomic E-state index is 0.228. The van der Waals surface area contributed by atoms with Gasteiger partial charge in [-0.15, -0.1) is 0 Å². The predicted molar refractivity (Wildman–Crippen MR) is 104 cm³/mol. The first-order valence-corrected chi connectivity index (χ1v) is 10.8. The first kappa shape index (κ1) is 16.8. The van der Waals surface area contributed by atoms with Gasteiger partial charge in [0.15, 0.2) is 0 Å². The summed E-state index contributed by atoms with van der Waals surface area (Å²) in [7, 11) is 0. The molecule has 0 amide bonds. The summed E-state index contributed by atoms with van der Waals surface area (Å²) in [4.78, 5) is 11.4. The fraction of sp³-hybridized carbons (Fsp3) is 0.708. The van der Waals surface area contributed by atoms with Crippen molar-refractivity contribution >= 4 is 0 Å². The summed E-state index contributed by atoms with van der Waals surface area (Å²) in [5.74, 6) is 3.20. The van der Waals surface area contributed by atoms with Crippen LogP contribution in [0.25, 0.3) is 0 Å². The Balaban J connectivity index is 1.47. The van der Waals surface area contributed by atoms with E-state index in [-0.39, 0.29) is 5.63 Å². The molecule has 3 saturated carbocycles. The third kappa shape index (κ3) is 2.26. The zero-order chi connectivity index (χ0) is 17.9. The lowest BCUT2D eigenvalue weighted by atomic mass is 9.46. The summed E-state index contributed by atoms with van der Waals surface area (Å²) < 4.78 is 5.23. The van der Waals surface area contributed by atoms with Gasteiger partial charge in [0, 0.05) is 6.07 Å². The van der Waals surface area contributed by atoms with Gasteiger partial charge in [-0.2, -0.15) is 0 Å². The van der Waals surface area contributed by atoms with Crippen LogP contribution in [0, 0.1) is 28.6 Å². The Bertz CT molecular complexity index is 769. The molecule has 0 spiro atoms. The van der Waals surface area contributed by atoms with Crippen molar-refractivity contribution in [1.82, 2.24) is 0 Å². The highest BCUT2D eigenvalue weighted by Crippen LogP contribution is 2.68. The molecule has 2 heteroatoms. The molecule has 1 aromatic heterocycles. The van der Waals surface area contributed by atoms with Crippen LogP contribution in [0.15, 0.2) is 39.3 Å². The van der Waals surface area contributed by atoms with Gasteiger partial charge in [0.2, 0.25) is 0 Å². The van der Waals surface area contributed by atoms with Crippen LogP contribution in [0.1, 0.15) is 83.1 Å². The van der Waals surface area contributed by atoms with Crippen LogP contribution < -0.4 is 5.63 Å². The molecule has 0 unspecified atom stereocenters. The van der Waals surface area contributed by atoms with E-state index in [0.717, 1.165) is 17.8 Å². The third-order valence-electron chi connectivity index (χ3n) is 9.15. The van der Waals surface area contributed by atoms with E-state index in [0.29, 0.717) is 16.7 Å². The van der Waals surface area contributed by atoms with E-state index < -0.39 is 0 Å². The Morgan fingerprint density at radius 3 is 2.73 bits per heavy atom. The molecular formula is C24H32O2. The van der Waals surface area contributed by atoms with Crippen LogP contribution in [0.3, 0.4) is 0 Å². The maximum Gasteiger partial charge on any atom is 0.335 e. The summed E-state index contributed by atoms with van der Waals surface area (Å²) in [6, 6.07) is 3.64. The third-order valence-corrected chi connectivity index (χ3v) is 9.15. The first-order valence-electron chi connectivity index (χ1n) is 10.8. The van der Waals surface area contributed by atoms with Crippen molar-refractivity contribution in [2.75, 3.05) is 0 Å². The van der Waals surface area contributed by atoms with Crippen LogP contribution >= 0.6 is 0 Å². The largest absolute Gasteiger partial charge is 0.431 e. The zero-order valence-electron chi connectivity index (χ0n) is 16.3. The van der Waals surface area contributed by atoms with Crippen LogP contribution in [0.5, 0.6) is 0 Å². The molecule has 0 bridgehead atoms. The van der Waals surface area contributed by atoms with Crippen molar-refractivity contribution in [3.8, 4) is 0 Å². The van der Waals surface area contributed by atoms with E-state index in [2.05, 4.69) is 19.9 Å². The summed E-state index contributed by atoms with van der Waals surface area (Å²) >= 11 is 0. The zero-order valence-corrected chi connectivity index (χ0v) is 16.3. The molecule has 5 rings (SSSR count). The molecule has 140 valence electrons. The van der Waals surface area contributed by atoms with Gasteiger partial charge < -0.3 is 4.42 Å². The normalized spacial score (nSPS) is 44.6. The molecule has 1 heterocycles. The van der Waals surface area contributed by atoms with E-state index in [1.54, 1.807) is 17.9 Å². The van der Waals surface area contributed by atoms with E-state index in [9.17, 15) is 4.79 Å². The topological polar surface area (TPSA) is 30.2 Å². The van der Waals surface area contributed by atoms with Gasteiger partial charge in [0.1, 0.15) is 0 Å². The van der Waals surface area contributed by atoms with Crippen molar-refractivity contribution < 1.29 is 4.42 Å². The lowest BCUT2D eigenvalue weighted by Crippen LogP contribution is -2.49. The van der Waals surface area contributed by atoms with Gasteiger partial charge in [-0.05, 0) is 104 Å². The average Bonchev–Trinajstić information content (AvgIpc) is 2.99. The molecule has 0 saturated heterocycles. The molecule has 0 radical (unpaired) electrons. The number of hydrogen-bond donors (Lipinski definition) is 0. The molecule has 0 aromatic carbocycles. The molecule has 2 nitrogen and oxygen atoms in total. The molecule has 26 heavy (non-hydrogen) atoms. The van der Waals surface area contributed by atoms with Gasteiger partial charge in [-0.25, -0.2) is 4.79 Å². The van der Waals surface area contributed by atoms with Crippen LogP contribution in [-0.2, 0) is 0 Å². The summed E-state index contributed by atoms with van der Waals surface area (Å²) in [6.45, 7) is 5.14. The van der Waals surface area contributed by atoms with Crippen LogP contribution in [0.4, 0.5) is 0 Å². The van der Waals surface area contributed by atoms with E-state index >= 15 is 0 Å². The number of fused-ring (bicyclic) bond motifs is 5. The quantitative estimate of drug-likeness (QED) is 0.574. The van der Waals surface area contributed by atoms with E-state index in [1.807, 2.05) is 6.07 Å². The molecule has 4 aliphatic rings. The van der Waals surface area contributed by atoms with Gasteiger partial charge >= 0.3 is 5.63 Å². The highest BCUT2D eigenvalue weighted by Gasteiger charge is 2.58. The standard InChI is InChI=1S/C24H32O2/c1-23-13-4-3-5-17(23)7-8-18-20-10-9-19(16-6-11-22(25)26-15-16)24(20,2)14-12-21(18)23/h5-6,11,15,18-21H,3-4,7-10,12-14H2,1-2H3/t18-,19+,20-,21-,23-,24+/m0/s1. The predicted octanol–water partition coefficient (Wildman–Crippen LogP) is 6.08. The van der Waals surface area contributed by atoms with Gasteiger partial charge in [0.05, 0.1) is 6.26 Å². The Labute approximate surface area is 157 Å². The molecule has 3 fully saturated rings. The molecule has 1 aromatic rings. The van der Waals surface area contributed by atoms with Crippen molar-refractivity contribution in [3.63, 3.8) is 0 Å². The van der Waals surface area contributed by atoms with Gasteiger partial charge in [-0.3, -0.25) is 0 Å². The van der Waals surface area contributed by atoms with Crippen molar-refractivity contribution in [3.05, 3.63) is 46.0 Å². The van der Waals surface area contributed by atoms with Crippen LogP contribution in [-0.4, -0.2) is 0 Å². The molecule has 4 aliphatic carbocycles. The second-order valence-corrected chi connectivity index (χ2v) is 10.0. The number of allylic oxidation sites excluding steroid dienone is 2. The fourth-order valence-corrected chi connectivity index (χ4v) is 7.87. The lowest BCUT2D eigenvalue weighted by molar-refractivity contribution is -0.0416. The Kier molecular flexibility index (Phi) is 3.78. The second kappa shape index (κ2) is 5.84. The maximum atomic E-state index is 11.4. The maximum absolute atomic E-state index is 11.4. The summed E-state index contributed by atoms with van der Waals surface area (Å²) in [6.07, 6.45) is 16.5. The number of hydrogen-bond acceptors (Lipinski definition) is 2. The summed E-state index contributed by atoms with van der Waals surface area (Å²) in [5, 5.41) is 0. The summed E-state index contributed by atoms with van der Waals surface area (Å²) in [5.41, 5.74) is 3.70. The first-order chi connectivity index (χ1) is 12.5. The lowest BCUT2D eigenvalue weighted by Gasteiger charge is -2.58. The Hall–Kier alpha value is -1.31. The molecule has 6 atom stereocenters. The molecule has 0 aliphatic heterocycles. The van der Waals surface area contributed by atoms with Crippen LogP contribution in [0.2, 0.25) is 0 Å². The number of rotatable bonds is 1. The van der Waals surface area contributed by atoms with Gasteiger partial charge in [0.25, 0.3) is 0 Å². The second-order valence-electron chi connectivity index (χ2n) is 10.0. The van der Waals surface area contributed by atoms with Gasteiger partial charge in [-0.1, -0.05) is 25.5 Å². The highest BCUT2D eigenvalue weighted by molar-refractivity contribution is 5.26. The SMILES string of the molecule is C[C@]12CC[C@H]3[C@@H](CCC4=CCCC[C@@]43C)[C@@H]1CC[C@@H]2c1ccc(=O)oc1. The molecular weight excluding hydrogens is 320 g/mol. The smallest absolute Gasteiger partial charge is 0.335 e. The average molecular weight is 353 g/mol. The monoisotopic (exact) mass is 352 g/mol. The van der Waals surface area contributed by atoms with Crippen molar-refractivity contribution in [2.24, 2.45) is 28.6 Å². The van der Waals surface area contributed by atoms with Crippen molar-refractivity contribution in [2.45, 2.75) is 77.6 Å². The Morgan fingerprint density at radius 1 is 1.04 bits per heavy atom. The van der Waals surface area contributed by atoms with Crippen molar-refractivity contribution in [1.29, 1.82) is 0 Å². The highest BCUT2D eigenvalue weighted by atomic mass is 16.4. The van der Waals surface area contributed by atoms with E-state index in [1.165, 1.54) is 63.4 Å². The minimum atomic E-state index is -0.228. The minimum Gasteiger partial charge on any atom is -0.431 e. The fourth-order valence-electron chi connectivity index (χ4n) is 7.87. The molecule has 0 N–H and O–H groups in total.